The van der Waals surface area contributed by atoms with E-state index >= 15 is 0 Å². The van der Waals surface area contributed by atoms with Gasteiger partial charge in [0, 0.05) is 42.3 Å². The third-order valence-corrected chi connectivity index (χ3v) is 5.70. The molecule has 0 unspecified atom stereocenters. The first-order chi connectivity index (χ1) is 12.6. The second kappa shape index (κ2) is 6.62. The van der Waals surface area contributed by atoms with Gasteiger partial charge in [0.15, 0.2) is 16.2 Å². The molecular weight excluding hydrogens is 350 g/mol. The number of pyridine rings is 2. The van der Waals surface area contributed by atoms with Gasteiger partial charge >= 0.3 is 0 Å². The van der Waals surface area contributed by atoms with Crippen molar-refractivity contribution in [1.29, 1.82) is 0 Å². The van der Waals surface area contributed by atoms with Crippen LogP contribution < -0.4 is 16.1 Å². The summed E-state index contributed by atoms with van der Waals surface area (Å²) in [5.41, 5.74) is 6.99. The molecular formula is C18H19N5O2S. The van der Waals surface area contributed by atoms with Gasteiger partial charge in [0.2, 0.25) is 0 Å². The summed E-state index contributed by atoms with van der Waals surface area (Å²) in [4.78, 5) is 35.0. The predicted octanol–water partition coefficient (Wildman–Crippen LogP) is 1.36. The van der Waals surface area contributed by atoms with Crippen LogP contribution in [0.4, 0.5) is 5.82 Å². The molecule has 1 fully saturated rings. The van der Waals surface area contributed by atoms with E-state index in [0.717, 1.165) is 17.2 Å². The molecule has 0 bridgehead atoms. The monoisotopic (exact) mass is 369 g/mol. The van der Waals surface area contributed by atoms with Gasteiger partial charge in [-0.15, -0.1) is 11.3 Å². The number of carbonyl (C=O) groups is 1. The Balaban J connectivity index is 1.85. The normalized spacial score (nSPS) is 20.0. The number of aldehydes is 1. The number of nitrogens with zero attached hydrogens (tertiary/aromatic N) is 4. The highest BCUT2D eigenvalue weighted by Crippen LogP contribution is 2.27. The van der Waals surface area contributed by atoms with Crippen LogP contribution in [0.15, 0.2) is 34.7 Å². The van der Waals surface area contributed by atoms with Crippen molar-refractivity contribution in [3.05, 3.63) is 45.7 Å². The Morgan fingerprint density at radius 2 is 2.23 bits per heavy atom. The number of anilines is 1. The molecule has 0 spiro atoms. The summed E-state index contributed by atoms with van der Waals surface area (Å²) in [7, 11) is 0. The van der Waals surface area contributed by atoms with Crippen molar-refractivity contribution < 1.29 is 4.79 Å². The Labute approximate surface area is 154 Å². The zero-order chi connectivity index (χ0) is 18.3. The molecule has 4 heterocycles. The zero-order valence-corrected chi connectivity index (χ0v) is 15.1. The molecule has 2 atom stereocenters. The molecule has 2 N–H and O–H groups in total. The lowest BCUT2D eigenvalue weighted by molar-refractivity contribution is -0.111. The minimum atomic E-state index is -0.0864. The molecule has 3 aromatic heterocycles. The Kier molecular flexibility index (Phi) is 4.29. The Hall–Kier alpha value is -2.58. The number of nitrogens with two attached hydrogens (primary N) is 1. The molecule has 1 aliphatic rings. The maximum Gasteiger partial charge on any atom is 0.195 e. The second-order valence-electron chi connectivity index (χ2n) is 6.57. The number of carbonyl (C=O) groups excluding carboxylic acids is 1. The molecule has 0 radical (unpaired) electrons. The number of hydrogen-bond donors (Lipinski definition) is 1. The fourth-order valence-corrected chi connectivity index (χ4v) is 4.09. The summed E-state index contributed by atoms with van der Waals surface area (Å²) in [6.07, 6.45) is 4.48. The molecule has 1 saturated heterocycles. The molecule has 134 valence electrons. The first kappa shape index (κ1) is 16.9. The quantitative estimate of drug-likeness (QED) is 0.698. The van der Waals surface area contributed by atoms with Crippen LogP contribution in [0.25, 0.3) is 16.2 Å². The second-order valence-corrected chi connectivity index (χ2v) is 7.44. The number of thiazole rings is 1. The van der Waals surface area contributed by atoms with Gasteiger partial charge in [-0.05, 0) is 31.5 Å². The van der Waals surface area contributed by atoms with E-state index in [1.807, 2.05) is 22.1 Å². The van der Waals surface area contributed by atoms with Crippen LogP contribution in [0.2, 0.25) is 0 Å². The van der Waals surface area contributed by atoms with Gasteiger partial charge in [-0.25, -0.2) is 9.97 Å². The lowest BCUT2D eigenvalue weighted by atomic mass is 9.98. The van der Waals surface area contributed by atoms with Crippen LogP contribution in [0.5, 0.6) is 0 Å². The van der Waals surface area contributed by atoms with E-state index < -0.39 is 0 Å². The van der Waals surface area contributed by atoms with Crippen molar-refractivity contribution in [2.45, 2.75) is 6.92 Å². The van der Waals surface area contributed by atoms with E-state index in [-0.39, 0.29) is 17.3 Å². The van der Waals surface area contributed by atoms with Gasteiger partial charge in [0.05, 0.1) is 5.39 Å². The molecule has 26 heavy (non-hydrogen) atoms. The minimum absolute atomic E-state index is 0.0288. The smallest absolute Gasteiger partial charge is 0.195 e. The molecule has 0 saturated carbocycles. The molecule has 0 amide bonds. The molecule has 1 aliphatic heterocycles. The number of aromatic nitrogens is 3. The van der Waals surface area contributed by atoms with Gasteiger partial charge in [0.25, 0.3) is 0 Å². The lowest BCUT2D eigenvalue weighted by Crippen LogP contribution is -2.24. The van der Waals surface area contributed by atoms with Crippen molar-refractivity contribution in [3.8, 4) is 5.13 Å². The van der Waals surface area contributed by atoms with Gasteiger partial charge in [0.1, 0.15) is 12.1 Å². The van der Waals surface area contributed by atoms with Crippen LogP contribution in [-0.4, -0.2) is 40.5 Å². The summed E-state index contributed by atoms with van der Waals surface area (Å²) in [6.45, 7) is 3.54. The number of rotatable bonds is 4. The Morgan fingerprint density at radius 3 is 2.88 bits per heavy atom. The Morgan fingerprint density at radius 1 is 1.38 bits per heavy atom. The van der Waals surface area contributed by atoms with E-state index in [1.165, 1.54) is 11.3 Å². The summed E-state index contributed by atoms with van der Waals surface area (Å²) in [6, 6.07) is 3.65. The largest absolute Gasteiger partial charge is 0.355 e. The average Bonchev–Trinajstić information content (AvgIpc) is 3.33. The summed E-state index contributed by atoms with van der Waals surface area (Å²) >= 11 is 1.48. The van der Waals surface area contributed by atoms with Crippen molar-refractivity contribution in [2.75, 3.05) is 24.5 Å². The molecule has 0 aromatic carbocycles. The zero-order valence-electron chi connectivity index (χ0n) is 14.3. The highest BCUT2D eigenvalue weighted by molar-refractivity contribution is 7.12. The van der Waals surface area contributed by atoms with Crippen LogP contribution >= 0.6 is 11.3 Å². The molecule has 4 rings (SSSR count). The van der Waals surface area contributed by atoms with Crippen molar-refractivity contribution >= 4 is 34.5 Å². The SMILES string of the molecule is Cc1cn(-c2nccs2)c2nc(N3C[C@H](CN)[C@@H](C=O)C3)ccc2c1=O. The first-order valence-corrected chi connectivity index (χ1v) is 9.33. The van der Waals surface area contributed by atoms with Crippen molar-refractivity contribution in [3.63, 3.8) is 0 Å². The van der Waals surface area contributed by atoms with Crippen molar-refractivity contribution in [2.24, 2.45) is 17.6 Å². The molecule has 0 aliphatic carbocycles. The highest BCUT2D eigenvalue weighted by atomic mass is 32.1. The predicted molar refractivity (Wildman–Crippen MR) is 102 cm³/mol. The van der Waals surface area contributed by atoms with E-state index in [4.69, 9.17) is 10.7 Å². The summed E-state index contributed by atoms with van der Waals surface area (Å²) in [5, 5.41) is 3.21. The Bertz CT molecular complexity index is 1010. The van der Waals surface area contributed by atoms with Gasteiger partial charge in [-0.2, -0.15) is 0 Å². The third-order valence-electron chi connectivity index (χ3n) is 4.93. The van der Waals surface area contributed by atoms with Crippen LogP contribution in [-0.2, 0) is 4.79 Å². The minimum Gasteiger partial charge on any atom is -0.355 e. The number of aryl methyl sites for hydroxylation is 1. The van der Waals surface area contributed by atoms with E-state index in [9.17, 15) is 9.59 Å². The first-order valence-electron chi connectivity index (χ1n) is 8.45. The fraction of sp³-hybridized carbons (Fsp3) is 0.333. The number of hydrogen-bond acceptors (Lipinski definition) is 7. The molecule has 8 heteroatoms. The van der Waals surface area contributed by atoms with E-state index in [2.05, 4.69) is 9.88 Å². The summed E-state index contributed by atoms with van der Waals surface area (Å²) in [5.74, 6) is 0.787. The lowest BCUT2D eigenvalue weighted by Gasteiger charge is -2.18. The maximum atomic E-state index is 12.5. The van der Waals surface area contributed by atoms with Crippen LogP contribution in [0.1, 0.15) is 5.56 Å². The topological polar surface area (TPSA) is 94.1 Å². The van der Waals surface area contributed by atoms with Crippen LogP contribution in [0.3, 0.4) is 0 Å². The van der Waals surface area contributed by atoms with Gasteiger partial charge in [-0.3, -0.25) is 9.36 Å². The molecule has 7 nitrogen and oxygen atoms in total. The molecule has 3 aromatic rings. The fourth-order valence-electron chi connectivity index (χ4n) is 3.47. The standard InChI is InChI=1S/C18H19N5O2S/c1-11-7-23(18-20-4-5-26-18)17-14(16(11)25)2-3-15(21-17)22-8-12(6-19)13(9-22)10-24/h2-5,7,10,12-13H,6,8-9,19H2,1H3/t12-,13+/m0/s1. The van der Waals surface area contributed by atoms with E-state index in [0.29, 0.717) is 36.2 Å². The van der Waals surface area contributed by atoms with Gasteiger partial charge in [-0.1, -0.05) is 0 Å². The number of fused-ring (bicyclic) bond motifs is 1. The maximum absolute atomic E-state index is 12.5. The van der Waals surface area contributed by atoms with Gasteiger partial charge < -0.3 is 15.4 Å². The third kappa shape index (κ3) is 2.71. The van der Waals surface area contributed by atoms with Crippen molar-refractivity contribution in [1.82, 2.24) is 14.5 Å². The van der Waals surface area contributed by atoms with E-state index in [1.54, 1.807) is 19.3 Å². The highest BCUT2D eigenvalue weighted by Gasteiger charge is 2.32. The average molecular weight is 369 g/mol. The summed E-state index contributed by atoms with van der Waals surface area (Å²) < 4.78 is 1.86. The van der Waals surface area contributed by atoms with Crippen LogP contribution in [0, 0.1) is 18.8 Å².